The number of quaternary nitrogens is 1. The van der Waals surface area contributed by atoms with Gasteiger partial charge >= 0.3 is 5.97 Å². The van der Waals surface area contributed by atoms with E-state index in [1.54, 1.807) is 18.3 Å². The van der Waals surface area contributed by atoms with Crippen molar-refractivity contribution in [2.45, 2.75) is 17.6 Å². The minimum absolute atomic E-state index is 0.0355. The fourth-order valence-electron chi connectivity index (χ4n) is 2.26. The molecule has 0 bridgehead atoms. The lowest BCUT2D eigenvalue weighted by Crippen LogP contribution is -2.51. The predicted molar refractivity (Wildman–Crippen MR) is 93.2 cm³/mol. The summed E-state index contributed by atoms with van der Waals surface area (Å²) in [6.45, 7) is 0. The number of rotatable bonds is 8. The van der Waals surface area contributed by atoms with Crippen LogP contribution in [-0.2, 0) is 11.2 Å². The number of likely N-dealkylation sites (N-methyl/N-ethyl adjacent to an activating group) is 1. The molecule has 128 valence electrons. The molecular formula is C17H22N3O3S+. The number of thioether (sulfide) groups is 1. The number of aromatic nitrogens is 2. The molecule has 1 heterocycles. The molecule has 7 heteroatoms. The van der Waals surface area contributed by atoms with Crippen molar-refractivity contribution in [2.75, 3.05) is 26.9 Å². The summed E-state index contributed by atoms with van der Waals surface area (Å²) in [5.41, 5.74) is 1.43. The highest BCUT2D eigenvalue weighted by atomic mass is 32.2. The van der Waals surface area contributed by atoms with Crippen LogP contribution in [-0.4, -0.2) is 64.2 Å². The average molecular weight is 348 g/mol. The van der Waals surface area contributed by atoms with Crippen LogP contribution >= 0.6 is 11.8 Å². The normalized spacial score (nSPS) is 12.8. The number of Topliss-reactive ketones (excluding diaryl/α,β-unsaturated/α-hetero) is 1. The summed E-state index contributed by atoms with van der Waals surface area (Å²) in [6.07, 6.45) is 2.00. The van der Waals surface area contributed by atoms with Crippen molar-refractivity contribution in [3.05, 3.63) is 47.8 Å². The first-order valence-electron chi connectivity index (χ1n) is 7.56. The van der Waals surface area contributed by atoms with Crippen LogP contribution in [0.5, 0.6) is 0 Å². The molecule has 0 radical (unpaired) electrons. The molecule has 24 heavy (non-hydrogen) atoms. The van der Waals surface area contributed by atoms with E-state index in [1.807, 2.05) is 39.3 Å². The van der Waals surface area contributed by atoms with Crippen molar-refractivity contribution >= 4 is 23.5 Å². The zero-order valence-electron chi connectivity index (χ0n) is 14.0. The molecular weight excluding hydrogens is 326 g/mol. The van der Waals surface area contributed by atoms with Crippen molar-refractivity contribution in [2.24, 2.45) is 0 Å². The van der Waals surface area contributed by atoms with Gasteiger partial charge < -0.3 is 14.6 Å². The average Bonchev–Trinajstić information content (AvgIpc) is 2.97. The first kappa shape index (κ1) is 18.2. The van der Waals surface area contributed by atoms with Gasteiger partial charge in [0, 0.05) is 17.5 Å². The molecule has 0 aliphatic heterocycles. The summed E-state index contributed by atoms with van der Waals surface area (Å²) in [7, 11) is 5.55. The molecule has 0 aliphatic rings. The second kappa shape index (κ2) is 7.63. The van der Waals surface area contributed by atoms with Crippen LogP contribution < -0.4 is 0 Å². The third-order valence-corrected chi connectivity index (χ3v) is 4.56. The lowest BCUT2D eigenvalue weighted by atomic mass is 10.1. The first-order chi connectivity index (χ1) is 11.3. The number of nitrogens with zero attached hydrogens (tertiary/aromatic N) is 2. The lowest BCUT2D eigenvalue weighted by molar-refractivity contribution is -0.887. The van der Waals surface area contributed by atoms with Gasteiger partial charge in [-0.25, -0.2) is 9.78 Å². The molecule has 0 saturated heterocycles. The van der Waals surface area contributed by atoms with Gasteiger partial charge in [0.25, 0.3) is 0 Å². The molecule has 0 unspecified atom stereocenters. The van der Waals surface area contributed by atoms with Gasteiger partial charge in [0.05, 0.1) is 33.3 Å². The molecule has 2 N–H and O–H groups in total. The number of imidazole rings is 1. The van der Waals surface area contributed by atoms with Crippen molar-refractivity contribution in [1.29, 1.82) is 0 Å². The van der Waals surface area contributed by atoms with Crippen LogP contribution in [0.15, 0.2) is 41.7 Å². The van der Waals surface area contributed by atoms with E-state index in [4.69, 9.17) is 0 Å². The molecule has 0 saturated carbocycles. The smallest absolute Gasteiger partial charge is 0.362 e. The summed E-state index contributed by atoms with van der Waals surface area (Å²) < 4.78 is 0.323. The minimum atomic E-state index is -0.842. The number of carboxylic acids is 1. The summed E-state index contributed by atoms with van der Waals surface area (Å²) >= 11 is 1.32. The number of aromatic amines is 1. The summed E-state index contributed by atoms with van der Waals surface area (Å²) in [5, 5.41) is 10.0. The Morgan fingerprint density at radius 1 is 1.25 bits per heavy atom. The van der Waals surface area contributed by atoms with E-state index >= 15 is 0 Å². The van der Waals surface area contributed by atoms with Gasteiger partial charge in [-0.2, -0.15) is 0 Å². The van der Waals surface area contributed by atoms with E-state index in [0.717, 1.165) is 5.69 Å². The third-order valence-electron chi connectivity index (χ3n) is 3.67. The summed E-state index contributed by atoms with van der Waals surface area (Å²) in [4.78, 5) is 30.8. The Morgan fingerprint density at radius 2 is 1.92 bits per heavy atom. The summed E-state index contributed by atoms with van der Waals surface area (Å²) in [5.74, 6) is -0.520. The van der Waals surface area contributed by atoms with Gasteiger partial charge in [-0.3, -0.25) is 4.79 Å². The van der Waals surface area contributed by atoms with E-state index in [-0.39, 0.29) is 11.5 Å². The first-order valence-corrected chi connectivity index (χ1v) is 8.55. The monoisotopic (exact) mass is 348 g/mol. The quantitative estimate of drug-likeness (QED) is 0.434. The largest absolute Gasteiger partial charge is 0.477 e. The minimum Gasteiger partial charge on any atom is -0.477 e. The Morgan fingerprint density at radius 3 is 2.50 bits per heavy atom. The maximum Gasteiger partial charge on any atom is 0.362 e. The van der Waals surface area contributed by atoms with Gasteiger partial charge in [-0.15, -0.1) is 0 Å². The molecule has 1 aromatic heterocycles. The van der Waals surface area contributed by atoms with Gasteiger partial charge in [0.1, 0.15) is 0 Å². The fourth-order valence-corrected chi connectivity index (χ4v) is 3.02. The van der Waals surface area contributed by atoms with E-state index in [9.17, 15) is 14.7 Å². The Kier molecular flexibility index (Phi) is 5.80. The Labute approximate surface area is 145 Å². The number of aliphatic carboxylic acids is 1. The van der Waals surface area contributed by atoms with Crippen LogP contribution in [0.3, 0.4) is 0 Å². The van der Waals surface area contributed by atoms with E-state index in [1.165, 1.54) is 11.8 Å². The van der Waals surface area contributed by atoms with Crippen LogP contribution in [0.25, 0.3) is 0 Å². The molecule has 0 amide bonds. The highest BCUT2D eigenvalue weighted by Gasteiger charge is 2.32. The topological polar surface area (TPSA) is 83.0 Å². The molecule has 0 aliphatic carbocycles. The number of carbonyl (C=O) groups excluding carboxylic acids is 1. The number of carboxylic acid groups (broad SMARTS) is 1. The van der Waals surface area contributed by atoms with E-state index < -0.39 is 12.0 Å². The highest BCUT2D eigenvalue weighted by molar-refractivity contribution is 7.99. The van der Waals surface area contributed by atoms with Crippen LogP contribution in [0, 0.1) is 0 Å². The van der Waals surface area contributed by atoms with Crippen molar-refractivity contribution < 1.29 is 19.2 Å². The molecule has 0 spiro atoms. The second-order valence-electron chi connectivity index (χ2n) is 6.47. The van der Waals surface area contributed by atoms with Gasteiger partial charge in [0.2, 0.25) is 0 Å². The number of benzene rings is 1. The number of nitrogens with one attached hydrogen (secondary N) is 1. The summed E-state index contributed by atoms with van der Waals surface area (Å²) in [6, 6.07) is 8.55. The zero-order valence-corrected chi connectivity index (χ0v) is 14.8. The SMILES string of the molecule is C[N+](C)(C)[C@@H](Cc1cnc(SCC(=O)c2ccccc2)[nH]1)C(=O)O. The Bertz CT molecular complexity index is 707. The van der Waals surface area contributed by atoms with Crippen molar-refractivity contribution in [3.63, 3.8) is 0 Å². The fraction of sp³-hybridized carbons (Fsp3) is 0.353. The van der Waals surface area contributed by atoms with Crippen molar-refractivity contribution in [3.8, 4) is 0 Å². The van der Waals surface area contributed by atoms with Gasteiger partial charge in [-0.1, -0.05) is 42.1 Å². The molecule has 1 aromatic carbocycles. The number of hydrogen-bond acceptors (Lipinski definition) is 4. The zero-order chi connectivity index (χ0) is 17.7. The molecule has 2 rings (SSSR count). The van der Waals surface area contributed by atoms with Crippen LogP contribution in [0.2, 0.25) is 0 Å². The number of carbonyl (C=O) groups is 2. The van der Waals surface area contributed by atoms with Crippen LogP contribution in [0.4, 0.5) is 0 Å². The lowest BCUT2D eigenvalue weighted by Gasteiger charge is -2.30. The number of H-pyrrole nitrogens is 1. The van der Waals surface area contributed by atoms with Gasteiger partial charge in [0.15, 0.2) is 17.0 Å². The van der Waals surface area contributed by atoms with E-state index in [0.29, 0.717) is 21.6 Å². The Balaban J connectivity index is 1.96. The van der Waals surface area contributed by atoms with Crippen LogP contribution in [0.1, 0.15) is 16.1 Å². The Hall–Kier alpha value is -2.12. The molecule has 6 nitrogen and oxygen atoms in total. The molecule has 2 aromatic rings. The van der Waals surface area contributed by atoms with Gasteiger partial charge in [-0.05, 0) is 0 Å². The maximum atomic E-state index is 12.1. The molecule has 1 atom stereocenters. The third kappa shape index (κ3) is 4.94. The standard InChI is InChI=1S/C17H21N3O3S/c1-20(2,3)14(16(22)23)9-13-10-18-17(19-13)24-11-15(21)12-7-5-4-6-8-12/h4-8,10,14H,9,11H2,1-3H3,(H-,18,19,22,23)/p+1/t14-/m0/s1. The number of hydrogen-bond donors (Lipinski definition) is 2. The second-order valence-corrected chi connectivity index (χ2v) is 7.43. The maximum absolute atomic E-state index is 12.1. The van der Waals surface area contributed by atoms with E-state index in [2.05, 4.69) is 9.97 Å². The predicted octanol–water partition coefficient (Wildman–Crippen LogP) is 2.09. The molecule has 0 fully saturated rings. The number of ketones is 1. The van der Waals surface area contributed by atoms with Crippen molar-refractivity contribution in [1.82, 2.24) is 9.97 Å². The highest BCUT2D eigenvalue weighted by Crippen LogP contribution is 2.18.